The van der Waals surface area contributed by atoms with Gasteiger partial charge in [-0.25, -0.2) is 14.4 Å². The molecule has 0 N–H and O–H groups in total. The number of halogens is 2. The molecule has 0 aliphatic rings. The molecule has 0 aliphatic heterocycles. The number of hydrogen-bond donors (Lipinski definition) is 0. The Labute approximate surface area is 123 Å². The van der Waals surface area contributed by atoms with E-state index in [1.807, 2.05) is 6.92 Å². The molecule has 1 atom stereocenters. The van der Waals surface area contributed by atoms with Gasteiger partial charge in [0.25, 0.3) is 0 Å². The van der Waals surface area contributed by atoms with Crippen molar-refractivity contribution in [1.82, 2.24) is 19.5 Å². The van der Waals surface area contributed by atoms with Crippen molar-refractivity contribution in [2.24, 2.45) is 0 Å². The summed E-state index contributed by atoms with van der Waals surface area (Å²) in [6.45, 7) is 3.21. The van der Waals surface area contributed by atoms with Crippen LogP contribution >= 0.6 is 40.0 Å². The summed E-state index contributed by atoms with van der Waals surface area (Å²) in [5.74, 6) is -0.380. The molecule has 96 valence electrons. The maximum absolute atomic E-state index is 10.8. The molecular formula is C9H9ClIN4O2P. The van der Waals surface area contributed by atoms with Crippen molar-refractivity contribution in [1.29, 1.82) is 0 Å². The summed E-state index contributed by atoms with van der Waals surface area (Å²) in [6, 6.07) is 0. The van der Waals surface area contributed by atoms with Crippen LogP contribution in [0, 0.1) is 6.92 Å². The van der Waals surface area contributed by atoms with Crippen LogP contribution in [0.5, 0.6) is 0 Å². The second kappa shape index (κ2) is 5.63. The molecule has 0 radical (unpaired) electrons. The van der Waals surface area contributed by atoms with E-state index >= 15 is 0 Å². The lowest BCUT2D eigenvalue weighted by molar-refractivity contribution is -0.142. The average Bonchev–Trinajstić information content (AvgIpc) is 2.62. The Hall–Kier alpha value is -0.530. The number of esters is 1. The first-order valence-corrected chi connectivity index (χ1v) is 9.38. The van der Waals surface area contributed by atoms with Gasteiger partial charge in [-0.15, -0.1) is 0 Å². The molecule has 0 amide bonds. The molecule has 9 heteroatoms. The molecule has 2 aromatic rings. The van der Waals surface area contributed by atoms with Crippen LogP contribution in [-0.2, 0) is 16.1 Å². The first kappa shape index (κ1) is 13.9. The molecule has 6 nitrogen and oxygen atoms in total. The fraction of sp³-hybridized carbons (Fsp3) is 0.333. The molecule has 0 bridgehead atoms. The highest BCUT2D eigenvalue weighted by molar-refractivity contribution is 14.2. The van der Waals surface area contributed by atoms with Crippen LogP contribution in [0.3, 0.4) is 0 Å². The lowest BCUT2D eigenvalue weighted by Crippen LogP contribution is -2.03. The summed E-state index contributed by atoms with van der Waals surface area (Å²) in [4.78, 5) is 19.4. The van der Waals surface area contributed by atoms with E-state index in [0.717, 1.165) is 5.69 Å². The molecular weight excluding hydrogens is 389 g/mol. The Morgan fingerprint density at radius 3 is 2.89 bits per heavy atom. The van der Waals surface area contributed by atoms with E-state index in [1.54, 1.807) is 4.45 Å². The van der Waals surface area contributed by atoms with Gasteiger partial charge in [0, 0.05) is 6.92 Å². The number of ether oxygens (including phenoxy) is 1. The highest BCUT2D eigenvalue weighted by Crippen LogP contribution is 2.29. The van der Waals surface area contributed by atoms with Crippen LogP contribution in [-0.4, -0.2) is 25.5 Å². The third-order valence-corrected chi connectivity index (χ3v) is 4.33. The van der Waals surface area contributed by atoms with Crippen molar-refractivity contribution >= 4 is 57.1 Å². The monoisotopic (exact) mass is 398 g/mol. The van der Waals surface area contributed by atoms with Crippen molar-refractivity contribution in [3.63, 3.8) is 0 Å². The van der Waals surface area contributed by atoms with Gasteiger partial charge in [-0.05, 0) is 29.0 Å². The Balaban J connectivity index is 2.48. The topological polar surface area (TPSA) is 69.9 Å². The van der Waals surface area contributed by atoms with Gasteiger partial charge < -0.3 is 4.74 Å². The van der Waals surface area contributed by atoms with Gasteiger partial charge in [0.15, 0.2) is 10.8 Å². The minimum absolute atomic E-state index is 0.0221. The van der Waals surface area contributed by atoms with Crippen LogP contribution in [0.25, 0.3) is 11.2 Å². The maximum Gasteiger partial charge on any atom is 0.303 e. The molecule has 2 heterocycles. The Morgan fingerprint density at radius 2 is 2.28 bits per heavy atom. The highest BCUT2D eigenvalue weighted by Gasteiger charge is 2.14. The molecule has 0 aromatic carbocycles. The molecule has 0 saturated carbocycles. The third-order valence-electron chi connectivity index (χ3n) is 2.19. The van der Waals surface area contributed by atoms with E-state index in [2.05, 4.69) is 37.1 Å². The summed E-state index contributed by atoms with van der Waals surface area (Å²) in [6.07, 6.45) is 0.424. The van der Waals surface area contributed by atoms with Crippen molar-refractivity contribution < 1.29 is 9.53 Å². The molecule has 1 unspecified atom stereocenters. The van der Waals surface area contributed by atoms with Gasteiger partial charge in [-0.1, -0.05) is 11.6 Å². The predicted molar refractivity (Wildman–Crippen MR) is 78.3 cm³/mol. The smallest absolute Gasteiger partial charge is 0.303 e. The van der Waals surface area contributed by atoms with Gasteiger partial charge in [0.1, 0.15) is 17.8 Å². The minimum Gasteiger partial charge on any atom is -0.459 e. The quantitative estimate of drug-likeness (QED) is 0.452. The van der Waals surface area contributed by atoms with E-state index < -0.39 is 0 Å². The number of carbonyl (C=O) groups is 1. The van der Waals surface area contributed by atoms with E-state index in [0.29, 0.717) is 23.2 Å². The molecule has 0 spiro atoms. The second-order valence-corrected chi connectivity index (χ2v) is 5.89. The van der Waals surface area contributed by atoms with E-state index in [4.69, 9.17) is 16.3 Å². The van der Waals surface area contributed by atoms with Crippen LogP contribution in [0.15, 0.2) is 0 Å². The first-order chi connectivity index (χ1) is 8.52. The molecule has 0 fully saturated rings. The number of aryl methyl sites for hydroxylation is 1. The SMILES string of the molecule is CC(=O)OCc1nc2c(C)nn(PI)c2nc1Cl. The lowest BCUT2D eigenvalue weighted by Gasteiger charge is -2.04. The van der Waals surface area contributed by atoms with Crippen LogP contribution in [0.1, 0.15) is 18.3 Å². The van der Waals surface area contributed by atoms with E-state index in [9.17, 15) is 4.79 Å². The summed E-state index contributed by atoms with van der Waals surface area (Å²) < 4.78 is 6.63. The molecule has 2 aromatic heterocycles. The zero-order valence-corrected chi connectivity index (χ0v) is 13.5. The van der Waals surface area contributed by atoms with Crippen molar-refractivity contribution in [3.05, 3.63) is 16.5 Å². The molecule has 18 heavy (non-hydrogen) atoms. The highest BCUT2D eigenvalue weighted by atomic mass is 127. The first-order valence-electron chi connectivity index (χ1n) is 4.94. The largest absolute Gasteiger partial charge is 0.459 e. The summed E-state index contributed by atoms with van der Waals surface area (Å²) in [5.41, 5.74) is 2.56. The van der Waals surface area contributed by atoms with Crippen molar-refractivity contribution in [3.8, 4) is 0 Å². The van der Waals surface area contributed by atoms with Gasteiger partial charge in [0.05, 0.1) is 12.1 Å². The van der Waals surface area contributed by atoms with Crippen LogP contribution in [0.2, 0.25) is 5.15 Å². The summed E-state index contributed by atoms with van der Waals surface area (Å²) in [7, 11) is 0. The standard InChI is InChI=1S/C9H9ClIN4O2P/c1-4-7-9(15(14-4)18-11)13-8(10)6(12-7)3-17-5(2)16/h18H,3H2,1-2H3. The fourth-order valence-corrected chi connectivity index (χ4v) is 3.01. The number of hydrogen-bond acceptors (Lipinski definition) is 5. The molecule has 0 aliphatic carbocycles. The zero-order chi connectivity index (χ0) is 13.3. The van der Waals surface area contributed by atoms with Crippen molar-refractivity contribution in [2.75, 3.05) is 0 Å². The molecule has 2 rings (SSSR count). The summed E-state index contributed by atoms with van der Waals surface area (Å²) >= 11 is 8.23. The van der Waals surface area contributed by atoms with E-state index in [1.165, 1.54) is 6.92 Å². The third kappa shape index (κ3) is 2.73. The minimum atomic E-state index is -0.380. The number of fused-ring (bicyclic) bond motifs is 1. The van der Waals surface area contributed by atoms with Gasteiger partial charge in [-0.3, -0.25) is 4.79 Å². The zero-order valence-electron chi connectivity index (χ0n) is 9.57. The normalized spacial score (nSPS) is 11.6. The number of rotatable bonds is 3. The summed E-state index contributed by atoms with van der Waals surface area (Å²) in [5, 5.41) is 4.55. The van der Waals surface area contributed by atoms with Gasteiger partial charge in [-0.2, -0.15) is 5.10 Å². The maximum atomic E-state index is 10.8. The fourth-order valence-electron chi connectivity index (χ4n) is 1.40. The number of carbonyl (C=O) groups excluding carboxylic acids is 1. The predicted octanol–water partition coefficient (Wildman–Crippen LogP) is 2.64. The molecule has 0 saturated heterocycles. The van der Waals surface area contributed by atoms with E-state index in [-0.39, 0.29) is 17.7 Å². The Kier molecular flexibility index (Phi) is 4.34. The Morgan fingerprint density at radius 1 is 1.56 bits per heavy atom. The van der Waals surface area contributed by atoms with Gasteiger partial charge in [0.2, 0.25) is 0 Å². The number of nitrogens with zero attached hydrogens (tertiary/aromatic N) is 4. The second-order valence-electron chi connectivity index (χ2n) is 3.50. The Bertz CT molecular complexity index is 618. The lowest BCUT2D eigenvalue weighted by atomic mass is 10.4. The van der Waals surface area contributed by atoms with Crippen LogP contribution < -0.4 is 0 Å². The van der Waals surface area contributed by atoms with Gasteiger partial charge >= 0.3 is 5.97 Å². The van der Waals surface area contributed by atoms with Crippen molar-refractivity contribution in [2.45, 2.75) is 20.5 Å². The number of aromatic nitrogens is 4. The average molecular weight is 399 g/mol. The van der Waals surface area contributed by atoms with Crippen LogP contribution in [0.4, 0.5) is 0 Å².